The van der Waals surface area contributed by atoms with E-state index < -0.39 is 7.26 Å². The predicted molar refractivity (Wildman–Crippen MR) is 71.9 cm³/mol. The molecule has 3 saturated heterocycles. The zero-order chi connectivity index (χ0) is 10.6. The molecule has 4 aliphatic rings. The highest BCUT2D eigenvalue weighted by atomic mass is 31.2. The number of hydrogen-bond donors (Lipinski definition) is 0. The van der Waals surface area contributed by atoms with Crippen LogP contribution in [0.3, 0.4) is 0 Å². The van der Waals surface area contributed by atoms with Gasteiger partial charge in [0.05, 0.1) is 23.8 Å². The van der Waals surface area contributed by atoms with Crippen LogP contribution in [0.1, 0.15) is 19.3 Å². The van der Waals surface area contributed by atoms with Crippen LogP contribution in [0.5, 0.6) is 0 Å². The van der Waals surface area contributed by atoms with Crippen molar-refractivity contribution in [2.45, 2.75) is 19.3 Å². The molecule has 0 N–H and O–H groups in total. The summed E-state index contributed by atoms with van der Waals surface area (Å²) in [6, 6.07) is 11.6. The Balaban J connectivity index is 1.77. The quantitative estimate of drug-likeness (QED) is 0.650. The summed E-state index contributed by atoms with van der Waals surface area (Å²) in [5, 5.41) is 1.76. The van der Waals surface area contributed by atoms with E-state index in [0.717, 1.165) is 17.8 Å². The molecule has 84 valence electrons. The van der Waals surface area contributed by atoms with Gasteiger partial charge in [-0.05, 0) is 49.1 Å². The Morgan fingerprint density at radius 2 is 1.25 bits per heavy atom. The Morgan fingerprint density at radius 1 is 0.750 bits per heavy atom. The third-order valence-corrected chi connectivity index (χ3v) is 10.2. The fourth-order valence-electron chi connectivity index (χ4n) is 4.92. The SMILES string of the molecule is c1ccc([P+]23CC4CC(CC(C4)C2)C3)cc1. The van der Waals surface area contributed by atoms with E-state index in [0.29, 0.717) is 0 Å². The summed E-state index contributed by atoms with van der Waals surface area (Å²) in [5.74, 6) is 3.33. The highest BCUT2D eigenvalue weighted by Gasteiger charge is 2.57. The van der Waals surface area contributed by atoms with Crippen LogP contribution in [-0.2, 0) is 0 Å². The van der Waals surface area contributed by atoms with Gasteiger partial charge >= 0.3 is 0 Å². The second-order valence-electron chi connectivity index (χ2n) is 6.33. The molecule has 0 amide bonds. The first kappa shape index (κ1) is 9.66. The second-order valence-corrected chi connectivity index (χ2v) is 10.2. The van der Waals surface area contributed by atoms with Gasteiger partial charge in [0, 0.05) is 7.26 Å². The Bertz CT molecular complexity index is 360. The summed E-state index contributed by atoms with van der Waals surface area (Å²) in [4.78, 5) is 0. The number of hydrogen-bond acceptors (Lipinski definition) is 0. The molecule has 0 unspecified atom stereocenters. The molecule has 1 heteroatoms. The lowest BCUT2D eigenvalue weighted by Crippen LogP contribution is -2.46. The molecule has 16 heavy (non-hydrogen) atoms. The molecule has 1 aromatic carbocycles. The molecule has 3 heterocycles. The minimum Gasteiger partial charge on any atom is -0.0620 e. The summed E-state index contributed by atoms with van der Waals surface area (Å²) in [6.07, 6.45) is 9.53. The lowest BCUT2D eigenvalue weighted by atomic mass is 9.76. The number of benzene rings is 1. The van der Waals surface area contributed by atoms with Gasteiger partial charge in [0.1, 0.15) is 0 Å². The van der Waals surface area contributed by atoms with Gasteiger partial charge in [-0.2, -0.15) is 0 Å². The monoisotopic (exact) mass is 231 g/mol. The molecule has 0 aromatic heterocycles. The van der Waals surface area contributed by atoms with Gasteiger partial charge in [0.15, 0.2) is 0 Å². The van der Waals surface area contributed by atoms with Crippen molar-refractivity contribution in [1.29, 1.82) is 0 Å². The standard InChI is InChI=1S/C15H20P/c1-2-4-15(5-3-1)16-9-12-6-13(10-16)8-14(7-12)11-16/h1-5,12-14H,6-11H2/q+1. The van der Waals surface area contributed by atoms with Crippen molar-refractivity contribution < 1.29 is 0 Å². The van der Waals surface area contributed by atoms with E-state index in [2.05, 4.69) is 30.3 Å². The summed E-state index contributed by atoms with van der Waals surface area (Å²) in [5.41, 5.74) is 0. The average Bonchev–Trinajstić information content (AvgIpc) is 2.28. The van der Waals surface area contributed by atoms with Crippen LogP contribution in [0.15, 0.2) is 30.3 Å². The smallest absolute Gasteiger partial charge is 0.0620 e. The topological polar surface area (TPSA) is 0 Å². The second kappa shape index (κ2) is 3.33. The van der Waals surface area contributed by atoms with Crippen molar-refractivity contribution in [3.63, 3.8) is 0 Å². The fourth-order valence-corrected chi connectivity index (χ4v) is 10.7. The molecule has 3 aliphatic heterocycles. The summed E-state index contributed by atoms with van der Waals surface area (Å²) in [7, 11) is -0.699. The molecular formula is C15H20P+. The van der Waals surface area contributed by atoms with Crippen LogP contribution in [0, 0.1) is 17.8 Å². The van der Waals surface area contributed by atoms with Crippen LogP contribution >= 0.6 is 7.26 Å². The van der Waals surface area contributed by atoms with Crippen LogP contribution in [0.2, 0.25) is 0 Å². The Labute approximate surface area is 98.8 Å². The van der Waals surface area contributed by atoms with E-state index in [1.54, 1.807) is 43.1 Å². The van der Waals surface area contributed by atoms with Crippen molar-refractivity contribution in [2.24, 2.45) is 17.8 Å². The normalized spacial score (nSPS) is 44.9. The van der Waals surface area contributed by atoms with Crippen LogP contribution < -0.4 is 5.30 Å². The lowest BCUT2D eigenvalue weighted by molar-refractivity contribution is 0.210. The maximum atomic E-state index is 2.43. The van der Waals surface area contributed by atoms with E-state index in [1.807, 2.05) is 0 Å². The first-order valence-electron chi connectivity index (χ1n) is 6.76. The molecule has 5 rings (SSSR count). The van der Waals surface area contributed by atoms with Gasteiger partial charge in [0.2, 0.25) is 0 Å². The molecule has 0 spiro atoms. The zero-order valence-electron chi connectivity index (χ0n) is 9.81. The van der Waals surface area contributed by atoms with E-state index in [1.165, 1.54) is 0 Å². The minimum absolute atomic E-state index is 0.699. The minimum atomic E-state index is -0.699. The molecule has 0 radical (unpaired) electrons. The Kier molecular flexibility index (Phi) is 2.01. The van der Waals surface area contributed by atoms with Crippen molar-refractivity contribution in [2.75, 3.05) is 18.5 Å². The molecule has 1 saturated carbocycles. The van der Waals surface area contributed by atoms with E-state index in [4.69, 9.17) is 0 Å². The fraction of sp³-hybridized carbons (Fsp3) is 0.600. The third-order valence-electron chi connectivity index (χ3n) is 5.13. The molecule has 4 bridgehead atoms. The van der Waals surface area contributed by atoms with Gasteiger partial charge in [-0.3, -0.25) is 0 Å². The third kappa shape index (κ3) is 1.32. The maximum Gasteiger partial charge on any atom is 0.0939 e. The van der Waals surface area contributed by atoms with E-state index in [-0.39, 0.29) is 0 Å². The largest absolute Gasteiger partial charge is 0.0939 e. The highest BCUT2D eigenvalue weighted by Crippen LogP contribution is 2.72. The molecule has 0 atom stereocenters. The van der Waals surface area contributed by atoms with Crippen molar-refractivity contribution in [3.8, 4) is 0 Å². The number of rotatable bonds is 1. The first-order chi connectivity index (χ1) is 7.84. The molecular weight excluding hydrogens is 211 g/mol. The lowest BCUT2D eigenvalue weighted by Gasteiger charge is -2.51. The van der Waals surface area contributed by atoms with Gasteiger partial charge < -0.3 is 0 Å². The van der Waals surface area contributed by atoms with Crippen LogP contribution in [0.25, 0.3) is 0 Å². The highest BCUT2D eigenvalue weighted by molar-refractivity contribution is 7.83. The van der Waals surface area contributed by atoms with Crippen LogP contribution in [-0.4, -0.2) is 18.5 Å². The van der Waals surface area contributed by atoms with Crippen molar-refractivity contribution in [3.05, 3.63) is 30.3 Å². The summed E-state index contributed by atoms with van der Waals surface area (Å²) < 4.78 is 0. The molecule has 4 fully saturated rings. The van der Waals surface area contributed by atoms with Crippen molar-refractivity contribution in [1.82, 2.24) is 0 Å². The van der Waals surface area contributed by atoms with Gasteiger partial charge in [-0.1, -0.05) is 18.2 Å². The summed E-state index contributed by atoms with van der Waals surface area (Å²) in [6.45, 7) is 0. The van der Waals surface area contributed by atoms with Gasteiger partial charge in [0.25, 0.3) is 0 Å². The Morgan fingerprint density at radius 3 is 1.75 bits per heavy atom. The first-order valence-corrected chi connectivity index (χ1v) is 9.10. The maximum absolute atomic E-state index is 2.43. The molecule has 1 aromatic rings. The van der Waals surface area contributed by atoms with E-state index in [9.17, 15) is 0 Å². The van der Waals surface area contributed by atoms with Crippen LogP contribution in [0.4, 0.5) is 0 Å². The van der Waals surface area contributed by atoms with Gasteiger partial charge in [-0.25, -0.2) is 0 Å². The molecule has 1 aliphatic carbocycles. The Hall–Kier alpha value is -0.350. The predicted octanol–water partition coefficient (Wildman–Crippen LogP) is 3.39. The molecule has 0 nitrogen and oxygen atoms in total. The van der Waals surface area contributed by atoms with Gasteiger partial charge in [-0.15, -0.1) is 0 Å². The zero-order valence-corrected chi connectivity index (χ0v) is 10.7. The summed E-state index contributed by atoms with van der Waals surface area (Å²) >= 11 is 0. The average molecular weight is 231 g/mol. The van der Waals surface area contributed by atoms with Crippen molar-refractivity contribution >= 4 is 12.6 Å². The van der Waals surface area contributed by atoms with E-state index >= 15 is 0 Å².